The number of fused-ring (bicyclic) bond motifs is 1. The Morgan fingerprint density at radius 2 is 1.93 bits per heavy atom. The van der Waals surface area contributed by atoms with E-state index in [1.807, 2.05) is 43.3 Å². The second kappa shape index (κ2) is 3.73. The van der Waals surface area contributed by atoms with Gasteiger partial charge in [0.15, 0.2) is 5.78 Å². The average molecular weight is 199 g/mol. The molecule has 0 bridgehead atoms. The van der Waals surface area contributed by atoms with E-state index in [9.17, 15) is 4.79 Å². The molecule has 76 valence electrons. The van der Waals surface area contributed by atoms with Crippen LogP contribution < -0.4 is 5.32 Å². The number of carbonyl (C=O) groups excluding carboxylic acids is 1. The fourth-order valence-electron chi connectivity index (χ4n) is 1.71. The van der Waals surface area contributed by atoms with Gasteiger partial charge in [0.25, 0.3) is 0 Å². The van der Waals surface area contributed by atoms with Crippen LogP contribution in [0.15, 0.2) is 41.6 Å². The van der Waals surface area contributed by atoms with Crippen molar-refractivity contribution in [1.82, 2.24) is 0 Å². The van der Waals surface area contributed by atoms with Gasteiger partial charge in [0.1, 0.15) is 0 Å². The Hall–Kier alpha value is -1.83. The second-order valence-corrected chi connectivity index (χ2v) is 3.64. The lowest BCUT2D eigenvalue weighted by molar-refractivity contribution is -0.113. The van der Waals surface area contributed by atoms with Crippen molar-refractivity contribution in [3.05, 3.63) is 47.2 Å². The van der Waals surface area contributed by atoms with Gasteiger partial charge in [0.05, 0.1) is 0 Å². The largest absolute Gasteiger partial charge is 0.358 e. The Bertz CT molecular complexity index is 469. The quantitative estimate of drug-likeness (QED) is 0.753. The molecule has 2 nitrogen and oxygen atoms in total. The summed E-state index contributed by atoms with van der Waals surface area (Å²) in [5, 5.41) is 3.25. The van der Waals surface area contributed by atoms with E-state index in [-0.39, 0.29) is 5.78 Å². The molecule has 15 heavy (non-hydrogen) atoms. The van der Waals surface area contributed by atoms with Crippen molar-refractivity contribution in [2.75, 3.05) is 5.32 Å². The van der Waals surface area contributed by atoms with E-state index in [2.05, 4.69) is 5.32 Å². The van der Waals surface area contributed by atoms with Crippen molar-refractivity contribution < 1.29 is 4.79 Å². The molecule has 0 unspecified atom stereocenters. The van der Waals surface area contributed by atoms with E-state index in [0.717, 1.165) is 22.5 Å². The van der Waals surface area contributed by atoms with Gasteiger partial charge in [-0.15, -0.1) is 0 Å². The number of benzene rings is 1. The van der Waals surface area contributed by atoms with Gasteiger partial charge in [0, 0.05) is 17.0 Å². The van der Waals surface area contributed by atoms with E-state index in [4.69, 9.17) is 0 Å². The van der Waals surface area contributed by atoms with Crippen LogP contribution in [0.2, 0.25) is 0 Å². The molecule has 0 saturated heterocycles. The predicted molar refractivity (Wildman–Crippen MR) is 62.5 cm³/mol. The lowest BCUT2D eigenvalue weighted by Crippen LogP contribution is -2.03. The first-order chi connectivity index (χ1) is 7.18. The molecule has 0 aromatic heterocycles. The smallest absolute Gasteiger partial charge is 0.161 e. The van der Waals surface area contributed by atoms with Gasteiger partial charge in [0.2, 0.25) is 0 Å². The molecule has 1 N–H and O–H groups in total. The highest BCUT2D eigenvalue weighted by Crippen LogP contribution is 2.24. The van der Waals surface area contributed by atoms with E-state index in [0.29, 0.717) is 0 Å². The second-order valence-electron chi connectivity index (χ2n) is 3.64. The van der Waals surface area contributed by atoms with Crippen LogP contribution in [0.5, 0.6) is 0 Å². The first-order valence-electron chi connectivity index (χ1n) is 4.94. The third kappa shape index (κ3) is 1.84. The lowest BCUT2D eigenvalue weighted by Gasteiger charge is -2.08. The third-order valence-corrected chi connectivity index (χ3v) is 2.50. The average Bonchev–Trinajstić information content (AvgIpc) is 2.35. The van der Waals surface area contributed by atoms with Gasteiger partial charge in [-0.1, -0.05) is 24.3 Å². The molecule has 1 heterocycles. The Morgan fingerprint density at radius 1 is 1.20 bits per heavy atom. The first kappa shape index (κ1) is 9.71. The summed E-state index contributed by atoms with van der Waals surface area (Å²) in [4.78, 5) is 11.4. The molecular formula is C13H13NO. The number of anilines is 1. The van der Waals surface area contributed by atoms with Crippen LogP contribution in [0, 0.1) is 0 Å². The minimum atomic E-state index is 0.0871. The molecule has 0 aliphatic carbocycles. The van der Waals surface area contributed by atoms with E-state index < -0.39 is 0 Å². The molecule has 1 aliphatic rings. The molecule has 1 aromatic rings. The van der Waals surface area contributed by atoms with E-state index in [1.165, 1.54) is 0 Å². The fourth-order valence-corrected chi connectivity index (χ4v) is 1.71. The first-order valence-corrected chi connectivity index (χ1v) is 4.94. The minimum absolute atomic E-state index is 0.0871. The summed E-state index contributed by atoms with van der Waals surface area (Å²) in [6.07, 6.45) is 3.84. The number of carbonyl (C=O) groups is 1. The predicted octanol–water partition coefficient (Wildman–Crippen LogP) is 2.99. The molecule has 1 aromatic carbocycles. The summed E-state index contributed by atoms with van der Waals surface area (Å²) in [5.41, 5.74) is 3.80. The third-order valence-electron chi connectivity index (χ3n) is 2.50. The minimum Gasteiger partial charge on any atom is -0.358 e. The number of ketones is 1. The number of hydrogen-bond acceptors (Lipinski definition) is 2. The summed E-state index contributed by atoms with van der Waals surface area (Å²) < 4.78 is 0. The van der Waals surface area contributed by atoms with Gasteiger partial charge in [-0.25, -0.2) is 0 Å². The van der Waals surface area contributed by atoms with Crippen molar-refractivity contribution in [2.24, 2.45) is 0 Å². The maximum Gasteiger partial charge on any atom is 0.161 e. The lowest BCUT2D eigenvalue weighted by atomic mass is 10.1. The van der Waals surface area contributed by atoms with Crippen molar-refractivity contribution in [3.63, 3.8) is 0 Å². The number of rotatable bonds is 1. The van der Waals surface area contributed by atoms with Crippen LogP contribution in [0.1, 0.15) is 19.4 Å². The van der Waals surface area contributed by atoms with Crippen molar-refractivity contribution >= 4 is 17.5 Å². The van der Waals surface area contributed by atoms with Crippen LogP contribution in [0.4, 0.5) is 5.69 Å². The molecule has 0 saturated carbocycles. The number of Topliss-reactive ketones (excluding diaryl/α,β-unsaturated/α-hetero) is 1. The Labute approximate surface area is 89.3 Å². The SMILES string of the molecule is CC(=O)C1=C(C)Nc2ccccc2C=C1. The molecular weight excluding hydrogens is 186 g/mol. The Kier molecular flexibility index (Phi) is 2.42. The van der Waals surface area contributed by atoms with Crippen molar-refractivity contribution in [1.29, 1.82) is 0 Å². The summed E-state index contributed by atoms with van der Waals surface area (Å²) >= 11 is 0. The van der Waals surface area contributed by atoms with Gasteiger partial charge < -0.3 is 5.32 Å². The number of allylic oxidation sites excluding steroid dienone is 3. The fraction of sp³-hybridized carbons (Fsp3) is 0.154. The summed E-state index contributed by atoms with van der Waals surface area (Å²) in [6.45, 7) is 3.50. The topological polar surface area (TPSA) is 29.1 Å². The zero-order valence-corrected chi connectivity index (χ0v) is 8.87. The Morgan fingerprint density at radius 3 is 2.67 bits per heavy atom. The molecule has 2 heteroatoms. The summed E-state index contributed by atoms with van der Waals surface area (Å²) in [6, 6.07) is 7.99. The molecule has 1 aliphatic heterocycles. The summed E-state index contributed by atoms with van der Waals surface area (Å²) in [7, 11) is 0. The van der Waals surface area contributed by atoms with Crippen molar-refractivity contribution in [3.8, 4) is 0 Å². The van der Waals surface area contributed by atoms with Gasteiger partial charge in [-0.05, 0) is 31.6 Å². The highest BCUT2D eigenvalue weighted by atomic mass is 16.1. The van der Waals surface area contributed by atoms with Crippen LogP contribution in [0.25, 0.3) is 6.08 Å². The van der Waals surface area contributed by atoms with Crippen molar-refractivity contribution in [2.45, 2.75) is 13.8 Å². The number of nitrogens with one attached hydrogen (secondary N) is 1. The van der Waals surface area contributed by atoms with Gasteiger partial charge in [-0.3, -0.25) is 4.79 Å². The molecule has 0 spiro atoms. The maximum atomic E-state index is 11.4. The van der Waals surface area contributed by atoms with E-state index in [1.54, 1.807) is 6.92 Å². The van der Waals surface area contributed by atoms with Crippen LogP contribution in [0.3, 0.4) is 0 Å². The van der Waals surface area contributed by atoms with Crippen LogP contribution in [-0.2, 0) is 4.79 Å². The normalized spacial score (nSPS) is 14.3. The molecule has 0 atom stereocenters. The van der Waals surface area contributed by atoms with Gasteiger partial charge >= 0.3 is 0 Å². The zero-order chi connectivity index (χ0) is 10.8. The highest BCUT2D eigenvalue weighted by molar-refractivity contribution is 5.99. The maximum absolute atomic E-state index is 11.4. The monoisotopic (exact) mass is 199 g/mol. The van der Waals surface area contributed by atoms with Crippen LogP contribution in [-0.4, -0.2) is 5.78 Å². The Balaban J connectivity index is 2.50. The molecule has 2 rings (SSSR count). The zero-order valence-electron chi connectivity index (χ0n) is 8.87. The molecule has 0 amide bonds. The molecule has 0 radical (unpaired) electrons. The van der Waals surface area contributed by atoms with E-state index >= 15 is 0 Å². The van der Waals surface area contributed by atoms with Gasteiger partial charge in [-0.2, -0.15) is 0 Å². The van der Waals surface area contributed by atoms with Crippen LogP contribution >= 0.6 is 0 Å². The standard InChI is InChI=1S/C13H13NO/c1-9-12(10(2)15)8-7-11-5-3-4-6-13(11)14-9/h3-8,14H,1-2H3. The number of para-hydroxylation sites is 1. The highest BCUT2D eigenvalue weighted by Gasteiger charge is 2.10. The summed E-state index contributed by atoms with van der Waals surface area (Å²) in [5.74, 6) is 0.0871. The number of hydrogen-bond donors (Lipinski definition) is 1. The molecule has 0 fully saturated rings.